The summed E-state index contributed by atoms with van der Waals surface area (Å²) in [5, 5.41) is 0. The van der Waals surface area contributed by atoms with Gasteiger partial charge < -0.3 is 4.74 Å². The number of hydrogen-bond donors (Lipinski definition) is 0. The van der Waals surface area contributed by atoms with Crippen LogP contribution in [0.4, 0.5) is 4.79 Å². The van der Waals surface area contributed by atoms with Crippen molar-refractivity contribution < 1.29 is 9.53 Å². The van der Waals surface area contributed by atoms with E-state index in [1.54, 1.807) is 11.0 Å². The molecule has 1 rings (SSSR count). The molecule has 3 nitrogen and oxygen atoms in total. The highest BCUT2D eigenvalue weighted by Gasteiger charge is 2.24. The van der Waals surface area contributed by atoms with E-state index >= 15 is 0 Å². The van der Waals surface area contributed by atoms with Crippen molar-refractivity contribution in [2.75, 3.05) is 6.54 Å². The van der Waals surface area contributed by atoms with E-state index in [1.165, 1.54) is 0 Å². The molecule has 0 unspecified atom stereocenters. The summed E-state index contributed by atoms with van der Waals surface area (Å²) in [6, 6.07) is 0. The zero-order valence-electron chi connectivity index (χ0n) is 10.5. The maximum Gasteiger partial charge on any atom is 0.414 e. The monoisotopic (exact) mass is 223 g/mol. The van der Waals surface area contributed by atoms with Gasteiger partial charge in [-0.1, -0.05) is 12.7 Å². The highest BCUT2D eigenvalue weighted by Crippen LogP contribution is 2.19. The second kappa shape index (κ2) is 5.19. The van der Waals surface area contributed by atoms with Crippen LogP contribution in [0.1, 0.15) is 40.0 Å². The Kier molecular flexibility index (Phi) is 4.16. The van der Waals surface area contributed by atoms with Crippen molar-refractivity contribution >= 4 is 6.09 Å². The van der Waals surface area contributed by atoms with Gasteiger partial charge in [0.1, 0.15) is 5.60 Å². The van der Waals surface area contributed by atoms with Crippen molar-refractivity contribution in [2.24, 2.45) is 0 Å². The molecule has 0 aromatic carbocycles. The maximum absolute atomic E-state index is 12.0. The number of ether oxygens (including phenoxy) is 1. The second-order valence-corrected chi connectivity index (χ2v) is 4.96. The minimum atomic E-state index is -0.449. The van der Waals surface area contributed by atoms with Crippen molar-refractivity contribution in [1.82, 2.24) is 4.90 Å². The lowest BCUT2D eigenvalue weighted by Crippen LogP contribution is -2.36. The average Bonchev–Trinajstić information content (AvgIpc) is 2.39. The van der Waals surface area contributed by atoms with Crippen LogP contribution >= 0.6 is 0 Å². The van der Waals surface area contributed by atoms with Crippen molar-refractivity contribution in [3.63, 3.8) is 0 Å². The van der Waals surface area contributed by atoms with E-state index in [1.807, 2.05) is 26.8 Å². The molecule has 0 saturated heterocycles. The number of hydrogen-bond acceptors (Lipinski definition) is 2. The number of carbonyl (C=O) groups excluding carboxylic acids is 1. The van der Waals surface area contributed by atoms with Gasteiger partial charge in [-0.15, -0.1) is 0 Å². The van der Waals surface area contributed by atoms with Gasteiger partial charge in [-0.2, -0.15) is 0 Å². The number of amides is 1. The molecule has 0 atom stereocenters. The Labute approximate surface area is 97.8 Å². The summed E-state index contributed by atoms with van der Waals surface area (Å²) >= 11 is 0. The first-order chi connectivity index (χ1) is 7.44. The van der Waals surface area contributed by atoms with E-state index in [0.717, 1.165) is 25.0 Å². The minimum absolute atomic E-state index is 0.277. The van der Waals surface area contributed by atoms with Crippen LogP contribution in [-0.2, 0) is 4.74 Å². The van der Waals surface area contributed by atoms with E-state index in [4.69, 9.17) is 4.74 Å². The molecule has 0 aromatic heterocycles. The summed E-state index contributed by atoms with van der Waals surface area (Å²) in [6.07, 6.45) is 6.60. The summed E-state index contributed by atoms with van der Waals surface area (Å²) in [4.78, 5) is 13.6. The smallest absolute Gasteiger partial charge is 0.414 e. The molecule has 0 bridgehead atoms. The Hall–Kier alpha value is -1.25. The molecule has 90 valence electrons. The summed E-state index contributed by atoms with van der Waals surface area (Å²) in [6.45, 7) is 10.1. The number of allylic oxidation sites excluding steroid dienone is 2. The first kappa shape index (κ1) is 12.8. The molecule has 1 aliphatic rings. The van der Waals surface area contributed by atoms with Crippen LogP contribution in [0.2, 0.25) is 0 Å². The summed E-state index contributed by atoms with van der Waals surface area (Å²) < 4.78 is 5.36. The number of carbonyl (C=O) groups is 1. The number of nitrogens with zero attached hydrogens (tertiary/aromatic N) is 1. The van der Waals surface area contributed by atoms with Gasteiger partial charge in [0.05, 0.1) is 0 Å². The minimum Gasteiger partial charge on any atom is -0.443 e. The molecule has 0 aliphatic carbocycles. The third kappa shape index (κ3) is 3.72. The fourth-order valence-electron chi connectivity index (χ4n) is 1.61. The molecule has 1 aliphatic heterocycles. The lowest BCUT2D eigenvalue weighted by Gasteiger charge is -2.27. The SMILES string of the molecule is C=CC1=CCCCCN1C(=O)OC(C)(C)C. The molecule has 0 fully saturated rings. The van der Waals surface area contributed by atoms with Crippen LogP contribution in [0, 0.1) is 0 Å². The first-order valence-corrected chi connectivity index (χ1v) is 5.77. The predicted octanol–water partition coefficient (Wildman–Crippen LogP) is 3.48. The Morgan fingerprint density at radius 1 is 1.50 bits per heavy atom. The second-order valence-electron chi connectivity index (χ2n) is 4.96. The van der Waals surface area contributed by atoms with Gasteiger partial charge in [-0.3, -0.25) is 4.90 Å². The van der Waals surface area contributed by atoms with Gasteiger partial charge in [0, 0.05) is 12.2 Å². The van der Waals surface area contributed by atoms with Gasteiger partial charge in [0.15, 0.2) is 0 Å². The van der Waals surface area contributed by atoms with Crippen molar-refractivity contribution in [3.05, 3.63) is 24.4 Å². The largest absolute Gasteiger partial charge is 0.443 e. The number of rotatable bonds is 1. The molecule has 3 heteroatoms. The molecule has 1 amide bonds. The van der Waals surface area contributed by atoms with Gasteiger partial charge in [0.2, 0.25) is 0 Å². The lowest BCUT2D eigenvalue weighted by molar-refractivity contribution is 0.0321. The molecule has 16 heavy (non-hydrogen) atoms. The lowest BCUT2D eigenvalue weighted by atomic mass is 10.2. The van der Waals surface area contributed by atoms with Crippen LogP contribution in [0.15, 0.2) is 24.4 Å². The van der Waals surface area contributed by atoms with E-state index < -0.39 is 5.60 Å². The molecule has 0 aromatic rings. The summed E-state index contributed by atoms with van der Waals surface area (Å²) in [7, 11) is 0. The highest BCUT2D eigenvalue weighted by atomic mass is 16.6. The summed E-state index contributed by atoms with van der Waals surface area (Å²) in [5.74, 6) is 0. The van der Waals surface area contributed by atoms with Crippen molar-refractivity contribution in [2.45, 2.75) is 45.6 Å². The molecule has 0 radical (unpaired) electrons. The fraction of sp³-hybridized carbons (Fsp3) is 0.615. The van der Waals surface area contributed by atoms with Crippen LogP contribution in [-0.4, -0.2) is 23.1 Å². The molecular formula is C13H21NO2. The van der Waals surface area contributed by atoms with Gasteiger partial charge in [0.25, 0.3) is 0 Å². The third-order valence-corrected chi connectivity index (χ3v) is 2.32. The molecular weight excluding hydrogens is 202 g/mol. The molecule has 1 heterocycles. The van der Waals surface area contributed by atoms with Crippen LogP contribution in [0.5, 0.6) is 0 Å². The van der Waals surface area contributed by atoms with Crippen LogP contribution < -0.4 is 0 Å². The van der Waals surface area contributed by atoms with Crippen molar-refractivity contribution in [1.29, 1.82) is 0 Å². The van der Waals surface area contributed by atoms with Crippen LogP contribution in [0.25, 0.3) is 0 Å². The van der Waals surface area contributed by atoms with Crippen molar-refractivity contribution in [3.8, 4) is 0 Å². The van der Waals surface area contributed by atoms with E-state index in [0.29, 0.717) is 6.54 Å². The maximum atomic E-state index is 12.0. The predicted molar refractivity (Wildman–Crippen MR) is 65.1 cm³/mol. The Balaban J connectivity index is 2.75. The molecule has 0 spiro atoms. The third-order valence-electron chi connectivity index (χ3n) is 2.32. The fourth-order valence-corrected chi connectivity index (χ4v) is 1.61. The zero-order chi connectivity index (χ0) is 12.2. The first-order valence-electron chi connectivity index (χ1n) is 5.77. The summed E-state index contributed by atoms with van der Waals surface area (Å²) in [5.41, 5.74) is 0.419. The Morgan fingerprint density at radius 3 is 2.75 bits per heavy atom. The highest BCUT2D eigenvalue weighted by molar-refractivity contribution is 5.71. The van der Waals surface area contributed by atoms with E-state index in [9.17, 15) is 4.79 Å². The molecule has 0 saturated carbocycles. The molecule has 0 N–H and O–H groups in total. The van der Waals surface area contributed by atoms with E-state index in [-0.39, 0.29) is 6.09 Å². The quantitative estimate of drug-likeness (QED) is 0.681. The van der Waals surface area contributed by atoms with Gasteiger partial charge in [-0.05, 0) is 46.1 Å². The standard InChI is InChI=1S/C13H21NO2/c1-5-11-9-7-6-8-10-14(11)12(15)16-13(2,3)4/h5,9H,1,6-8,10H2,2-4H3. The van der Waals surface area contributed by atoms with E-state index in [2.05, 4.69) is 6.58 Å². The normalized spacial score (nSPS) is 17.4. The average molecular weight is 223 g/mol. The Bertz CT molecular complexity index is 300. The van der Waals surface area contributed by atoms with Gasteiger partial charge >= 0.3 is 6.09 Å². The zero-order valence-corrected chi connectivity index (χ0v) is 10.5. The topological polar surface area (TPSA) is 29.5 Å². The van der Waals surface area contributed by atoms with Gasteiger partial charge in [-0.25, -0.2) is 4.79 Å². The Morgan fingerprint density at radius 2 is 2.19 bits per heavy atom. The van der Waals surface area contributed by atoms with Crippen LogP contribution in [0.3, 0.4) is 0 Å².